The molecule has 354 valence electrons. The Kier molecular flexibility index (Phi) is 18.6. The highest BCUT2D eigenvalue weighted by Crippen LogP contribution is 2.44. The van der Waals surface area contributed by atoms with Crippen LogP contribution in [0.25, 0.3) is 11.0 Å². The third-order valence-corrected chi connectivity index (χ3v) is 11.9. The van der Waals surface area contributed by atoms with Crippen molar-refractivity contribution >= 4 is 46.4 Å². The molecule has 2 amide bonds. The zero-order valence-electron chi connectivity index (χ0n) is 38.6. The highest BCUT2D eigenvalue weighted by molar-refractivity contribution is 6.05. The molecule has 1 aromatic heterocycles. The van der Waals surface area contributed by atoms with E-state index in [0.717, 1.165) is 31.2 Å². The van der Waals surface area contributed by atoms with E-state index in [9.17, 15) is 29.7 Å². The van der Waals surface area contributed by atoms with Crippen LogP contribution in [0.15, 0.2) is 73.9 Å². The fourth-order valence-corrected chi connectivity index (χ4v) is 8.19. The average Bonchev–Trinajstić information content (AvgIpc) is 3.28. The highest BCUT2D eigenvalue weighted by Gasteiger charge is 2.30. The fourth-order valence-electron chi connectivity index (χ4n) is 8.19. The molecule has 65 heavy (non-hydrogen) atoms. The number of nitrogens with one attached hydrogen (secondary N) is 1. The predicted octanol–water partition coefficient (Wildman–Crippen LogP) is 7.54. The summed E-state index contributed by atoms with van der Waals surface area (Å²) in [7, 11) is 2.95. The first-order chi connectivity index (χ1) is 31.1. The van der Waals surface area contributed by atoms with Crippen LogP contribution >= 0.6 is 0 Å². The lowest BCUT2D eigenvalue weighted by molar-refractivity contribution is -0.112. The van der Waals surface area contributed by atoms with Crippen molar-refractivity contribution in [3.8, 4) is 17.2 Å². The summed E-state index contributed by atoms with van der Waals surface area (Å²) < 4.78 is 34.6. The number of rotatable bonds is 13. The number of anilines is 2. The van der Waals surface area contributed by atoms with Crippen LogP contribution in [0.5, 0.6) is 17.2 Å². The number of amides is 2. The van der Waals surface area contributed by atoms with Crippen LogP contribution in [0, 0.1) is 18.8 Å². The first kappa shape index (κ1) is 50.3. The lowest BCUT2D eigenvalue weighted by Gasteiger charge is -2.29. The molecule has 6 N–H and O–H groups in total. The number of ether oxygens (including phenoxy) is 5. The normalized spacial score (nSPS) is 24.3. The van der Waals surface area contributed by atoms with E-state index in [4.69, 9.17) is 33.8 Å². The molecule has 0 radical (unpaired) electrons. The van der Waals surface area contributed by atoms with Gasteiger partial charge in [-0.25, -0.2) is 4.79 Å². The molecule has 1 saturated heterocycles. The number of phenolic OH excluding ortho intramolecular Hbond substituents is 2. The van der Waals surface area contributed by atoms with E-state index >= 15 is 0 Å². The van der Waals surface area contributed by atoms with Gasteiger partial charge >= 0.3 is 6.09 Å². The molecule has 0 saturated carbocycles. The summed E-state index contributed by atoms with van der Waals surface area (Å²) in [5.74, 6) is -0.440. The number of aliphatic imine (C=N–C) groups is 1. The molecule has 0 spiro atoms. The number of morpholine rings is 1. The zero-order valence-corrected chi connectivity index (χ0v) is 38.6. The Balaban J connectivity index is 1.26. The standard InChI is InChI=1S/C49H66N4O12/c1-29-24-35-43(51-18-11-9-8-10-12-21-63-39-17-16-34-37(54)28-42(64-47(34)33(39)5)53-19-22-62-23-20-53)38(55)27-36(45(35)57)52-48(58)30(2)14-13-15-40(60-6)46(65-49(50)59)32(4)26-31(3)44(56)41(25-29)61-7/h13-18,26-29,31,40-41,44,46,55-57H,8-12,19-25H2,1-7H3,(H2,50,59)(H,52,58)/b15-13?,30-14+,32-26+,51-18?/t29-,31+,40+,41+,44-,46+/m1/s1. The Morgan fingerprint density at radius 2 is 1.77 bits per heavy atom. The number of aryl methyl sites for hydroxylation is 1. The molecule has 5 rings (SSSR count). The van der Waals surface area contributed by atoms with Crippen molar-refractivity contribution in [3.05, 3.63) is 81.1 Å². The molecule has 16 heteroatoms. The van der Waals surface area contributed by atoms with Gasteiger partial charge < -0.3 is 59.4 Å². The summed E-state index contributed by atoms with van der Waals surface area (Å²) in [6.07, 6.45) is 8.51. The molecule has 6 atom stereocenters. The number of nitrogens with two attached hydrogens (primary N) is 1. The minimum absolute atomic E-state index is 0.00755. The summed E-state index contributed by atoms with van der Waals surface area (Å²) in [5, 5.41) is 37.7. The Hall–Kier alpha value is -5.68. The zero-order chi connectivity index (χ0) is 47.2. The molecule has 2 aliphatic heterocycles. The molecular weight excluding hydrogens is 837 g/mol. The lowest BCUT2D eigenvalue weighted by Crippen LogP contribution is -2.37. The van der Waals surface area contributed by atoms with Gasteiger partial charge in [0.15, 0.2) is 17.4 Å². The van der Waals surface area contributed by atoms with Gasteiger partial charge in [-0.05, 0) is 76.5 Å². The van der Waals surface area contributed by atoms with Gasteiger partial charge in [-0.2, -0.15) is 0 Å². The van der Waals surface area contributed by atoms with Crippen LogP contribution in [0.4, 0.5) is 22.1 Å². The van der Waals surface area contributed by atoms with Crippen molar-refractivity contribution in [2.24, 2.45) is 22.6 Å². The van der Waals surface area contributed by atoms with Crippen molar-refractivity contribution < 1.29 is 53.0 Å². The van der Waals surface area contributed by atoms with E-state index < -0.39 is 42.3 Å². The molecular formula is C49H66N4O12. The summed E-state index contributed by atoms with van der Waals surface area (Å²) in [6, 6.07) is 6.38. The number of allylic oxidation sites excluding steroid dienone is 2. The number of aliphatic hydroxyl groups is 1. The lowest BCUT2D eigenvalue weighted by atomic mass is 9.87. The highest BCUT2D eigenvalue weighted by atomic mass is 16.6. The van der Waals surface area contributed by atoms with Crippen LogP contribution < -0.4 is 26.1 Å². The topological polar surface area (TPSA) is 225 Å². The number of unbranched alkanes of at least 4 members (excludes halogenated alkanes) is 4. The summed E-state index contributed by atoms with van der Waals surface area (Å²) in [5.41, 5.74) is 8.02. The molecule has 2 aliphatic rings. The maximum absolute atomic E-state index is 13.4. The number of hydrogen-bond donors (Lipinski definition) is 5. The maximum Gasteiger partial charge on any atom is 0.405 e. The number of phenols is 2. The van der Waals surface area contributed by atoms with Crippen molar-refractivity contribution in [2.75, 3.05) is 57.3 Å². The minimum atomic E-state index is -1.00. The van der Waals surface area contributed by atoms with Crippen molar-refractivity contribution in [1.29, 1.82) is 0 Å². The number of fused-ring (bicyclic) bond motifs is 3. The Bertz CT molecular complexity index is 2300. The Morgan fingerprint density at radius 1 is 1.03 bits per heavy atom. The van der Waals surface area contributed by atoms with Crippen LogP contribution in [0.2, 0.25) is 0 Å². The Morgan fingerprint density at radius 3 is 2.48 bits per heavy atom. The second-order valence-corrected chi connectivity index (χ2v) is 16.9. The molecule has 1 fully saturated rings. The van der Waals surface area contributed by atoms with Gasteiger partial charge in [0.2, 0.25) is 0 Å². The predicted molar refractivity (Wildman–Crippen MR) is 251 cm³/mol. The number of aromatic hydroxyl groups is 2. The summed E-state index contributed by atoms with van der Waals surface area (Å²) in [6.45, 7) is 12.0. The quantitative estimate of drug-likeness (QED) is 0.0368. The Labute approximate surface area is 380 Å². The fraction of sp³-hybridized carbons (Fsp3) is 0.510. The van der Waals surface area contributed by atoms with E-state index in [1.54, 1.807) is 50.4 Å². The van der Waals surface area contributed by atoms with Crippen molar-refractivity contribution in [1.82, 2.24) is 0 Å². The number of carbonyl (C=O) groups is 2. The van der Waals surface area contributed by atoms with E-state index in [0.29, 0.717) is 79.5 Å². The van der Waals surface area contributed by atoms with Crippen LogP contribution in [0.3, 0.4) is 0 Å². The third kappa shape index (κ3) is 13.4. The molecule has 0 unspecified atom stereocenters. The van der Waals surface area contributed by atoms with Crippen LogP contribution in [-0.4, -0.2) is 105 Å². The molecule has 2 bridgehead atoms. The van der Waals surface area contributed by atoms with Gasteiger partial charge in [0, 0.05) is 68.3 Å². The SMILES string of the molecule is CO[C@H]1C=C/C=C(\C)C(=O)Nc2cc(O)c(N=CCCCCCCOc3ccc4c(=O)cc(N5CCOCC5)oc4c3C)c(c2O)C[C@@H](C)C[C@H](OC)[C@H](O)[C@@H](C)/C=C(\C)[C@@H]1OC(N)=O. The van der Waals surface area contributed by atoms with E-state index in [1.165, 1.54) is 26.4 Å². The molecule has 3 aromatic rings. The van der Waals surface area contributed by atoms with Crippen LogP contribution in [-0.2, 0) is 30.2 Å². The van der Waals surface area contributed by atoms with Gasteiger partial charge in [0.1, 0.15) is 34.6 Å². The number of aliphatic hydroxyl groups excluding tert-OH is 1. The van der Waals surface area contributed by atoms with E-state index in [1.807, 2.05) is 31.7 Å². The monoisotopic (exact) mass is 902 g/mol. The van der Waals surface area contributed by atoms with Crippen molar-refractivity contribution in [3.63, 3.8) is 0 Å². The molecule has 2 aromatic carbocycles. The van der Waals surface area contributed by atoms with Gasteiger partial charge in [-0.3, -0.25) is 14.6 Å². The minimum Gasteiger partial charge on any atom is -0.506 e. The molecule has 3 heterocycles. The van der Waals surface area contributed by atoms with Crippen LogP contribution in [0.1, 0.15) is 77.3 Å². The van der Waals surface area contributed by atoms with E-state index in [-0.39, 0.29) is 46.2 Å². The van der Waals surface area contributed by atoms with Gasteiger partial charge in [-0.15, -0.1) is 0 Å². The number of hydrogen-bond acceptors (Lipinski definition) is 14. The van der Waals surface area contributed by atoms with Gasteiger partial charge in [0.05, 0.1) is 43.1 Å². The second-order valence-electron chi connectivity index (χ2n) is 16.9. The second kappa shape index (κ2) is 24.0. The average molecular weight is 903 g/mol. The summed E-state index contributed by atoms with van der Waals surface area (Å²) >= 11 is 0. The van der Waals surface area contributed by atoms with Gasteiger partial charge in [-0.1, -0.05) is 51.0 Å². The first-order valence-electron chi connectivity index (χ1n) is 22.3. The number of benzene rings is 2. The number of nitrogens with zero attached hydrogens (tertiary/aromatic N) is 2. The number of carbonyl (C=O) groups excluding carboxylic acids is 2. The first-order valence-corrected chi connectivity index (χ1v) is 22.3. The largest absolute Gasteiger partial charge is 0.506 e. The number of primary amides is 1. The number of methoxy groups -OCH3 is 2. The smallest absolute Gasteiger partial charge is 0.405 e. The van der Waals surface area contributed by atoms with E-state index in [2.05, 4.69) is 10.3 Å². The maximum atomic E-state index is 13.4. The van der Waals surface area contributed by atoms with Gasteiger partial charge in [0.25, 0.3) is 5.91 Å². The third-order valence-electron chi connectivity index (χ3n) is 11.9. The molecule has 0 aliphatic carbocycles. The summed E-state index contributed by atoms with van der Waals surface area (Å²) in [4.78, 5) is 44.8. The molecule has 16 nitrogen and oxygen atoms in total. The van der Waals surface area contributed by atoms with Crippen molar-refractivity contribution in [2.45, 2.75) is 104 Å².